The molecule has 3 atom stereocenters. The van der Waals surface area contributed by atoms with Crippen LogP contribution >= 0.6 is 0 Å². The van der Waals surface area contributed by atoms with Crippen molar-refractivity contribution in [3.63, 3.8) is 0 Å². The monoisotopic (exact) mass is 353 g/mol. The third kappa shape index (κ3) is 3.63. The van der Waals surface area contributed by atoms with Crippen LogP contribution in [0, 0.1) is 5.92 Å². The van der Waals surface area contributed by atoms with E-state index in [2.05, 4.69) is 0 Å². The molecule has 0 spiro atoms. The van der Waals surface area contributed by atoms with Crippen LogP contribution in [0.3, 0.4) is 0 Å². The van der Waals surface area contributed by atoms with E-state index in [4.69, 9.17) is 4.74 Å². The molecule has 1 aromatic rings. The van der Waals surface area contributed by atoms with Gasteiger partial charge in [-0.2, -0.15) is 0 Å². The lowest BCUT2D eigenvalue weighted by molar-refractivity contribution is -0.143. The highest BCUT2D eigenvalue weighted by Crippen LogP contribution is 2.34. The van der Waals surface area contributed by atoms with Gasteiger partial charge in [-0.05, 0) is 36.5 Å². The third-order valence-corrected chi connectivity index (χ3v) is 6.05. The molecule has 6 nitrogen and oxygen atoms in total. The summed E-state index contributed by atoms with van der Waals surface area (Å²) in [5, 5.41) is 9.36. The topological polar surface area (TPSA) is 83.9 Å². The first-order valence-electron chi connectivity index (χ1n) is 8.19. The summed E-state index contributed by atoms with van der Waals surface area (Å²) in [5.74, 6) is 0.224. The van der Waals surface area contributed by atoms with Gasteiger partial charge in [0.25, 0.3) is 0 Å². The van der Waals surface area contributed by atoms with Crippen LogP contribution in [0.25, 0.3) is 0 Å². The van der Waals surface area contributed by atoms with Gasteiger partial charge in [0, 0.05) is 19.4 Å². The molecule has 7 heteroatoms. The van der Waals surface area contributed by atoms with Gasteiger partial charge in [-0.3, -0.25) is 4.79 Å². The predicted octanol–water partition coefficient (Wildman–Crippen LogP) is 0.631. The molecular formula is C17H23NO5S. The molecule has 1 aliphatic heterocycles. The minimum atomic E-state index is -3.22. The van der Waals surface area contributed by atoms with Crippen molar-refractivity contribution in [3.8, 4) is 0 Å². The summed E-state index contributed by atoms with van der Waals surface area (Å²) in [5.41, 5.74) is 0.798. The maximum atomic E-state index is 12.7. The number of hydrogen-bond acceptors (Lipinski definition) is 5. The normalized spacial score (nSPS) is 27.1. The fraction of sp³-hybridized carbons (Fsp3) is 0.588. The number of ether oxygens (including phenoxy) is 1. The molecule has 2 fully saturated rings. The van der Waals surface area contributed by atoms with Crippen LogP contribution in [-0.2, 0) is 25.8 Å². The van der Waals surface area contributed by atoms with Crippen LogP contribution in [0.2, 0.25) is 0 Å². The van der Waals surface area contributed by atoms with Gasteiger partial charge in [0.15, 0.2) is 9.84 Å². The first-order chi connectivity index (χ1) is 11.4. The molecule has 1 amide bonds. The number of carbonyl (C=O) groups excluding carboxylic acids is 1. The highest BCUT2D eigenvalue weighted by molar-refractivity contribution is 7.90. The van der Waals surface area contributed by atoms with E-state index in [1.54, 1.807) is 12.1 Å². The lowest BCUT2D eigenvalue weighted by Gasteiger charge is -2.37. The first-order valence-corrected chi connectivity index (χ1v) is 10.1. The number of amides is 1. The Morgan fingerprint density at radius 1 is 1.29 bits per heavy atom. The zero-order valence-electron chi connectivity index (χ0n) is 13.7. The maximum Gasteiger partial charge on any atom is 0.227 e. The van der Waals surface area contributed by atoms with Crippen molar-refractivity contribution in [2.24, 2.45) is 5.92 Å². The Balaban J connectivity index is 1.68. The van der Waals surface area contributed by atoms with E-state index in [1.807, 2.05) is 4.90 Å². The number of aliphatic hydroxyl groups excluding tert-OH is 1. The summed E-state index contributed by atoms with van der Waals surface area (Å²) in [6, 6.07) is 6.50. The lowest BCUT2D eigenvalue weighted by Crippen LogP contribution is -2.51. The highest BCUT2D eigenvalue weighted by atomic mass is 32.2. The van der Waals surface area contributed by atoms with Gasteiger partial charge in [-0.15, -0.1) is 0 Å². The van der Waals surface area contributed by atoms with Crippen LogP contribution < -0.4 is 0 Å². The number of benzene rings is 1. The molecule has 132 valence electrons. The summed E-state index contributed by atoms with van der Waals surface area (Å²) in [7, 11) is -3.22. The molecular weight excluding hydrogens is 330 g/mol. The van der Waals surface area contributed by atoms with Gasteiger partial charge < -0.3 is 14.7 Å². The SMILES string of the molecule is CS(=O)(=O)c1ccc(CC(=O)N2CCO[C@H]3C[C@H](CO)C[C@@H]32)cc1. The molecule has 1 aromatic carbocycles. The Kier molecular flexibility index (Phi) is 4.94. The van der Waals surface area contributed by atoms with Crippen LogP contribution in [0.1, 0.15) is 18.4 Å². The standard InChI is InChI=1S/C17H23NO5S/c1-24(21,22)14-4-2-12(3-5-14)10-17(20)18-6-7-23-16-9-13(11-19)8-15(16)18/h2-5,13,15-16,19H,6-11H2,1H3/t13-,15+,16+/m1/s1. The Morgan fingerprint density at radius 3 is 2.62 bits per heavy atom. The Hall–Kier alpha value is -1.44. The van der Waals surface area contributed by atoms with E-state index < -0.39 is 9.84 Å². The summed E-state index contributed by atoms with van der Waals surface area (Å²) in [4.78, 5) is 14.8. The molecule has 1 saturated heterocycles. The molecule has 0 bridgehead atoms. The first kappa shape index (κ1) is 17.4. The number of rotatable bonds is 4. The van der Waals surface area contributed by atoms with Gasteiger partial charge in [-0.25, -0.2) is 8.42 Å². The van der Waals surface area contributed by atoms with Crippen molar-refractivity contribution in [2.45, 2.75) is 36.3 Å². The number of carbonyl (C=O) groups is 1. The van der Waals surface area contributed by atoms with Crippen LogP contribution in [0.4, 0.5) is 0 Å². The summed E-state index contributed by atoms with van der Waals surface area (Å²) >= 11 is 0. The van der Waals surface area contributed by atoms with E-state index in [0.717, 1.165) is 18.4 Å². The van der Waals surface area contributed by atoms with Crippen molar-refractivity contribution in [1.29, 1.82) is 0 Å². The van der Waals surface area contributed by atoms with Gasteiger partial charge in [-0.1, -0.05) is 12.1 Å². The van der Waals surface area contributed by atoms with Gasteiger partial charge >= 0.3 is 0 Å². The third-order valence-electron chi connectivity index (χ3n) is 4.92. The second kappa shape index (κ2) is 6.82. The molecule has 1 aliphatic carbocycles. The summed E-state index contributed by atoms with van der Waals surface area (Å²) < 4.78 is 28.7. The van der Waals surface area contributed by atoms with Crippen LogP contribution in [-0.4, -0.2) is 62.5 Å². The molecule has 1 saturated carbocycles. The molecule has 2 aliphatic rings. The summed E-state index contributed by atoms with van der Waals surface area (Å²) in [6.07, 6.45) is 3.01. The highest BCUT2D eigenvalue weighted by Gasteiger charge is 2.42. The lowest BCUT2D eigenvalue weighted by atomic mass is 10.1. The smallest absolute Gasteiger partial charge is 0.227 e. The van der Waals surface area contributed by atoms with Crippen LogP contribution in [0.15, 0.2) is 29.2 Å². The van der Waals surface area contributed by atoms with Crippen molar-refractivity contribution >= 4 is 15.7 Å². The zero-order chi connectivity index (χ0) is 17.3. The van der Waals surface area contributed by atoms with E-state index >= 15 is 0 Å². The zero-order valence-corrected chi connectivity index (χ0v) is 14.5. The minimum absolute atomic E-state index is 0.0208. The van der Waals surface area contributed by atoms with Crippen molar-refractivity contribution < 1.29 is 23.1 Å². The molecule has 3 rings (SSSR count). The number of morpholine rings is 1. The van der Waals surface area contributed by atoms with Crippen molar-refractivity contribution in [3.05, 3.63) is 29.8 Å². The molecule has 1 N–H and O–H groups in total. The average molecular weight is 353 g/mol. The van der Waals surface area contributed by atoms with E-state index in [9.17, 15) is 18.3 Å². The Bertz CT molecular complexity index is 700. The van der Waals surface area contributed by atoms with Crippen LogP contribution in [0.5, 0.6) is 0 Å². The fourth-order valence-corrected chi connectivity index (χ4v) is 4.27. The summed E-state index contributed by atoms with van der Waals surface area (Å²) in [6.45, 7) is 1.23. The van der Waals surface area contributed by atoms with Crippen molar-refractivity contribution in [2.75, 3.05) is 26.0 Å². The number of sulfone groups is 1. The van der Waals surface area contributed by atoms with Gasteiger partial charge in [0.1, 0.15) is 0 Å². The van der Waals surface area contributed by atoms with E-state index in [0.29, 0.717) is 13.2 Å². The molecule has 1 heterocycles. The van der Waals surface area contributed by atoms with Gasteiger partial charge in [0.05, 0.1) is 30.1 Å². The predicted molar refractivity (Wildman–Crippen MR) is 88.3 cm³/mol. The fourth-order valence-electron chi connectivity index (χ4n) is 3.64. The quantitative estimate of drug-likeness (QED) is 0.858. The second-order valence-electron chi connectivity index (χ2n) is 6.68. The largest absolute Gasteiger partial charge is 0.396 e. The minimum Gasteiger partial charge on any atom is -0.396 e. The second-order valence-corrected chi connectivity index (χ2v) is 8.69. The van der Waals surface area contributed by atoms with Crippen molar-refractivity contribution in [1.82, 2.24) is 4.90 Å². The number of aliphatic hydroxyl groups is 1. The molecule has 0 aromatic heterocycles. The number of hydrogen-bond donors (Lipinski definition) is 1. The average Bonchev–Trinajstić information content (AvgIpc) is 2.97. The number of fused-ring (bicyclic) bond motifs is 1. The van der Waals surface area contributed by atoms with Gasteiger partial charge in [0.2, 0.25) is 5.91 Å². The Labute approximate surface area is 142 Å². The Morgan fingerprint density at radius 2 is 2.00 bits per heavy atom. The molecule has 0 radical (unpaired) electrons. The number of nitrogens with zero attached hydrogens (tertiary/aromatic N) is 1. The molecule has 24 heavy (non-hydrogen) atoms. The van der Waals surface area contributed by atoms with E-state index in [1.165, 1.54) is 18.4 Å². The molecule has 0 unspecified atom stereocenters. The maximum absolute atomic E-state index is 12.7. The van der Waals surface area contributed by atoms with E-state index in [-0.39, 0.29) is 41.9 Å².